The van der Waals surface area contributed by atoms with Crippen molar-refractivity contribution in [2.45, 2.75) is 51.9 Å². The van der Waals surface area contributed by atoms with E-state index < -0.39 is 0 Å². The molecule has 0 unspecified atom stereocenters. The second-order valence-corrected chi connectivity index (χ2v) is 6.04. The minimum Gasteiger partial charge on any atom is -0.462 e. The highest BCUT2D eigenvalue weighted by molar-refractivity contribution is 5.96. The van der Waals surface area contributed by atoms with Gasteiger partial charge in [0.2, 0.25) is 0 Å². The number of pyridine rings is 1. The van der Waals surface area contributed by atoms with Gasteiger partial charge in [-0.25, -0.2) is 4.79 Å². The van der Waals surface area contributed by atoms with Crippen LogP contribution in [0.25, 0.3) is 11.1 Å². The first-order valence-electron chi connectivity index (χ1n) is 8.99. The van der Waals surface area contributed by atoms with Gasteiger partial charge in [0.05, 0.1) is 12.2 Å². The van der Waals surface area contributed by atoms with E-state index in [1.807, 2.05) is 36.4 Å². The van der Waals surface area contributed by atoms with Crippen LogP contribution < -0.4 is 0 Å². The number of carbonyl (C=O) groups is 1. The van der Waals surface area contributed by atoms with Crippen molar-refractivity contribution in [2.24, 2.45) is 0 Å². The summed E-state index contributed by atoms with van der Waals surface area (Å²) in [4.78, 5) is 16.4. The molecule has 0 spiro atoms. The smallest absolute Gasteiger partial charge is 0.340 e. The van der Waals surface area contributed by atoms with Crippen LogP contribution in [-0.4, -0.2) is 17.6 Å². The first-order valence-corrected chi connectivity index (χ1v) is 8.99. The van der Waals surface area contributed by atoms with Crippen LogP contribution in [0.15, 0.2) is 48.8 Å². The van der Waals surface area contributed by atoms with E-state index in [1.54, 1.807) is 12.4 Å². The third kappa shape index (κ3) is 5.80. The van der Waals surface area contributed by atoms with Gasteiger partial charge >= 0.3 is 5.97 Å². The lowest BCUT2D eigenvalue weighted by atomic mass is 10.0. The van der Waals surface area contributed by atoms with Gasteiger partial charge in [-0.05, 0) is 23.6 Å². The largest absolute Gasteiger partial charge is 0.462 e. The van der Waals surface area contributed by atoms with Crippen molar-refractivity contribution in [3.8, 4) is 11.1 Å². The molecule has 1 heterocycles. The summed E-state index contributed by atoms with van der Waals surface area (Å²) in [5.41, 5.74) is 2.41. The van der Waals surface area contributed by atoms with Gasteiger partial charge in [-0.2, -0.15) is 0 Å². The van der Waals surface area contributed by atoms with Crippen molar-refractivity contribution in [3.05, 3.63) is 54.4 Å². The van der Waals surface area contributed by atoms with E-state index >= 15 is 0 Å². The minimum atomic E-state index is -0.284. The second-order valence-electron chi connectivity index (χ2n) is 6.04. The van der Waals surface area contributed by atoms with Gasteiger partial charge in [-0.15, -0.1) is 0 Å². The first kappa shape index (κ1) is 18.2. The van der Waals surface area contributed by atoms with E-state index in [9.17, 15) is 4.79 Å². The highest BCUT2D eigenvalue weighted by atomic mass is 16.5. The average Bonchev–Trinajstić information content (AvgIpc) is 2.64. The Labute approximate surface area is 145 Å². The molecule has 1 aromatic heterocycles. The molecule has 0 saturated carbocycles. The molecule has 2 rings (SSSR count). The molecule has 0 atom stereocenters. The van der Waals surface area contributed by atoms with Crippen molar-refractivity contribution in [1.82, 2.24) is 4.98 Å². The van der Waals surface area contributed by atoms with Crippen LogP contribution in [0.1, 0.15) is 62.2 Å². The summed E-state index contributed by atoms with van der Waals surface area (Å²) in [7, 11) is 0. The molecule has 0 amide bonds. The normalized spacial score (nSPS) is 10.5. The number of nitrogens with zero attached hydrogens (tertiary/aromatic N) is 1. The molecule has 128 valence electrons. The highest BCUT2D eigenvalue weighted by Crippen LogP contribution is 2.23. The Bertz CT molecular complexity index is 610. The number of rotatable bonds is 10. The third-order valence-electron chi connectivity index (χ3n) is 4.11. The molecule has 0 bridgehead atoms. The van der Waals surface area contributed by atoms with Crippen LogP contribution in [0.3, 0.4) is 0 Å². The van der Waals surface area contributed by atoms with Gasteiger partial charge in [-0.3, -0.25) is 4.98 Å². The topological polar surface area (TPSA) is 39.2 Å². The van der Waals surface area contributed by atoms with E-state index in [1.165, 1.54) is 32.1 Å². The molecule has 0 aliphatic heterocycles. The van der Waals surface area contributed by atoms with E-state index in [2.05, 4.69) is 11.9 Å². The van der Waals surface area contributed by atoms with Crippen LogP contribution in [0, 0.1) is 0 Å². The molecule has 3 nitrogen and oxygen atoms in total. The molecule has 24 heavy (non-hydrogen) atoms. The Morgan fingerprint density at radius 1 is 0.958 bits per heavy atom. The zero-order valence-electron chi connectivity index (χ0n) is 14.5. The Morgan fingerprint density at radius 3 is 2.42 bits per heavy atom. The van der Waals surface area contributed by atoms with Gasteiger partial charge in [-0.1, -0.05) is 75.8 Å². The molecular weight excluding hydrogens is 298 g/mol. The lowest BCUT2D eigenvalue weighted by Gasteiger charge is -2.09. The number of ether oxygens (including phenoxy) is 1. The fourth-order valence-electron chi connectivity index (χ4n) is 2.73. The molecule has 0 saturated heterocycles. The zero-order valence-corrected chi connectivity index (χ0v) is 14.5. The van der Waals surface area contributed by atoms with Crippen molar-refractivity contribution >= 4 is 5.97 Å². The maximum absolute atomic E-state index is 12.4. The summed E-state index contributed by atoms with van der Waals surface area (Å²) in [6.45, 7) is 2.71. The summed E-state index contributed by atoms with van der Waals surface area (Å²) in [5.74, 6) is -0.284. The van der Waals surface area contributed by atoms with Gasteiger partial charge in [0.15, 0.2) is 0 Å². The van der Waals surface area contributed by atoms with Crippen molar-refractivity contribution in [1.29, 1.82) is 0 Å². The quantitative estimate of drug-likeness (QED) is 0.418. The number of esters is 1. The summed E-state index contributed by atoms with van der Waals surface area (Å²) in [6, 6.07) is 11.7. The maximum Gasteiger partial charge on any atom is 0.340 e. The van der Waals surface area contributed by atoms with Crippen LogP contribution in [0.4, 0.5) is 0 Å². The predicted molar refractivity (Wildman–Crippen MR) is 97.9 cm³/mol. The second kappa shape index (κ2) is 10.6. The standard InChI is InChI=1S/C21H27NO2/c1-2-3-4-5-6-7-11-16-24-21(23)20-17-22-15-14-19(20)18-12-9-8-10-13-18/h8-10,12-15,17H,2-7,11,16H2,1H3. The van der Waals surface area contributed by atoms with Crippen LogP contribution in [0.5, 0.6) is 0 Å². The Hall–Kier alpha value is -2.16. The number of hydrogen-bond acceptors (Lipinski definition) is 3. The van der Waals surface area contributed by atoms with Crippen LogP contribution >= 0.6 is 0 Å². The monoisotopic (exact) mass is 325 g/mol. The van der Waals surface area contributed by atoms with E-state index in [0.29, 0.717) is 12.2 Å². The fourth-order valence-corrected chi connectivity index (χ4v) is 2.73. The zero-order chi connectivity index (χ0) is 17.0. The molecule has 0 aliphatic rings. The molecule has 0 N–H and O–H groups in total. The molecule has 0 radical (unpaired) electrons. The van der Waals surface area contributed by atoms with Gasteiger partial charge in [0.25, 0.3) is 0 Å². The number of carbonyl (C=O) groups excluding carboxylic acids is 1. The van der Waals surface area contributed by atoms with Gasteiger partial charge in [0.1, 0.15) is 0 Å². The summed E-state index contributed by atoms with van der Waals surface area (Å²) in [6.07, 6.45) is 11.7. The molecule has 2 aromatic rings. The minimum absolute atomic E-state index is 0.284. The lowest BCUT2D eigenvalue weighted by molar-refractivity contribution is 0.0498. The average molecular weight is 325 g/mol. The lowest BCUT2D eigenvalue weighted by Crippen LogP contribution is -2.08. The number of hydrogen-bond donors (Lipinski definition) is 0. The maximum atomic E-state index is 12.4. The SMILES string of the molecule is CCCCCCCCCOC(=O)c1cnccc1-c1ccccc1. The molecular formula is C21H27NO2. The molecule has 3 heteroatoms. The predicted octanol–water partition coefficient (Wildman–Crippen LogP) is 5.66. The first-order chi connectivity index (χ1) is 11.8. The summed E-state index contributed by atoms with van der Waals surface area (Å²) >= 11 is 0. The van der Waals surface area contributed by atoms with Crippen LogP contribution in [0.2, 0.25) is 0 Å². The Morgan fingerprint density at radius 2 is 1.67 bits per heavy atom. The van der Waals surface area contributed by atoms with E-state index in [0.717, 1.165) is 24.0 Å². The van der Waals surface area contributed by atoms with E-state index in [-0.39, 0.29) is 5.97 Å². The van der Waals surface area contributed by atoms with Crippen molar-refractivity contribution in [3.63, 3.8) is 0 Å². The Kier molecular flexibility index (Phi) is 8.02. The Balaban J connectivity index is 1.81. The van der Waals surface area contributed by atoms with Crippen molar-refractivity contribution < 1.29 is 9.53 Å². The molecule has 1 aromatic carbocycles. The number of unbranched alkanes of at least 4 members (excludes halogenated alkanes) is 6. The van der Waals surface area contributed by atoms with Gasteiger partial charge in [0, 0.05) is 12.4 Å². The molecule has 0 aliphatic carbocycles. The van der Waals surface area contributed by atoms with Crippen molar-refractivity contribution in [2.75, 3.05) is 6.61 Å². The van der Waals surface area contributed by atoms with Gasteiger partial charge < -0.3 is 4.74 Å². The van der Waals surface area contributed by atoms with Crippen LogP contribution in [-0.2, 0) is 4.74 Å². The highest BCUT2D eigenvalue weighted by Gasteiger charge is 2.14. The number of aromatic nitrogens is 1. The summed E-state index contributed by atoms with van der Waals surface area (Å²) < 4.78 is 5.44. The van der Waals surface area contributed by atoms with E-state index in [4.69, 9.17) is 4.74 Å². The fraction of sp³-hybridized carbons (Fsp3) is 0.429. The number of benzene rings is 1. The third-order valence-corrected chi connectivity index (χ3v) is 4.11. The summed E-state index contributed by atoms with van der Waals surface area (Å²) in [5, 5.41) is 0. The molecule has 0 fully saturated rings.